The summed E-state index contributed by atoms with van der Waals surface area (Å²) in [6, 6.07) is -1.01. The number of rotatable bonds is 34. The molecule has 0 spiro atoms. The number of allylic oxidation sites excluding steroid dienone is 6. The molecule has 4 atom stereocenters. The average Bonchev–Trinajstić information content (AvgIpc) is 3.06. The van der Waals surface area contributed by atoms with Gasteiger partial charge in [-0.05, 0) is 64.2 Å². The van der Waals surface area contributed by atoms with Crippen LogP contribution in [-0.4, -0.2) is 57.3 Å². The maximum Gasteiger partial charge on any atom is 0.249 e. The highest BCUT2D eigenvalue weighted by Crippen LogP contribution is 2.14. The normalized spacial score (nSPS) is 14.8. The number of carbonyl (C=O) groups is 1. The maximum atomic E-state index is 12.4. The second-order valence-corrected chi connectivity index (χ2v) is 13.3. The van der Waals surface area contributed by atoms with E-state index in [1.165, 1.54) is 96.3 Å². The summed E-state index contributed by atoms with van der Waals surface area (Å²) < 4.78 is 0. The Labute approximate surface area is 284 Å². The van der Waals surface area contributed by atoms with E-state index < -0.39 is 36.9 Å². The van der Waals surface area contributed by atoms with Crippen LogP contribution in [0.15, 0.2) is 36.5 Å². The summed E-state index contributed by atoms with van der Waals surface area (Å²) in [6.45, 7) is 3.98. The first-order valence-electron chi connectivity index (χ1n) is 19.4. The molecule has 0 bridgehead atoms. The lowest BCUT2D eigenvalue weighted by molar-refractivity contribution is -0.132. The molecule has 0 fully saturated rings. The predicted octanol–water partition coefficient (Wildman–Crippen LogP) is 9.40. The first-order valence-corrected chi connectivity index (χ1v) is 19.4. The average molecular weight is 650 g/mol. The molecule has 0 saturated heterocycles. The van der Waals surface area contributed by atoms with Gasteiger partial charge < -0.3 is 25.7 Å². The molecule has 0 aromatic rings. The Morgan fingerprint density at radius 2 is 0.913 bits per heavy atom. The second-order valence-electron chi connectivity index (χ2n) is 13.3. The molecule has 0 aromatic heterocycles. The van der Waals surface area contributed by atoms with E-state index in [0.29, 0.717) is 19.3 Å². The Balaban J connectivity index is 3.86. The summed E-state index contributed by atoms with van der Waals surface area (Å²) in [7, 11) is 0. The molecule has 270 valence electrons. The van der Waals surface area contributed by atoms with Gasteiger partial charge in [-0.3, -0.25) is 4.79 Å². The molecule has 0 aliphatic heterocycles. The lowest BCUT2D eigenvalue weighted by atomic mass is 10.00. The van der Waals surface area contributed by atoms with Gasteiger partial charge in [0.05, 0.1) is 18.8 Å². The van der Waals surface area contributed by atoms with E-state index in [9.17, 15) is 25.2 Å². The number of aliphatic hydroxyl groups excluding tert-OH is 4. The van der Waals surface area contributed by atoms with Gasteiger partial charge in [-0.1, -0.05) is 153 Å². The van der Waals surface area contributed by atoms with Crippen LogP contribution in [0.3, 0.4) is 0 Å². The summed E-state index contributed by atoms with van der Waals surface area (Å²) in [5, 5.41) is 43.3. The van der Waals surface area contributed by atoms with E-state index in [1.54, 1.807) is 0 Å². The molecule has 0 saturated carbocycles. The fraction of sp³-hybridized carbons (Fsp3) is 0.825. The number of carbonyl (C=O) groups excluding carboxylic acids is 1. The SMILES string of the molecule is CCCCCCCCCC/C=C/CC/C=C/CC/C=C/CCCC(O)C(O)C(CO)NC(=O)C(O)CCCCCCCCCCC. The van der Waals surface area contributed by atoms with Gasteiger partial charge in [0.15, 0.2) is 0 Å². The Hall–Kier alpha value is -1.47. The smallest absolute Gasteiger partial charge is 0.249 e. The third kappa shape index (κ3) is 28.7. The molecule has 46 heavy (non-hydrogen) atoms. The summed E-state index contributed by atoms with van der Waals surface area (Å²) in [6.07, 6.45) is 38.9. The maximum absolute atomic E-state index is 12.4. The summed E-state index contributed by atoms with van der Waals surface area (Å²) >= 11 is 0. The molecular formula is C40H75NO5. The highest BCUT2D eigenvalue weighted by Gasteiger charge is 2.28. The number of hydrogen-bond acceptors (Lipinski definition) is 5. The number of hydrogen-bond donors (Lipinski definition) is 5. The van der Waals surface area contributed by atoms with Crippen LogP contribution in [0.2, 0.25) is 0 Å². The Kier molecular flexibility index (Phi) is 33.7. The third-order valence-electron chi connectivity index (χ3n) is 8.81. The zero-order chi connectivity index (χ0) is 33.9. The first kappa shape index (κ1) is 44.5. The fourth-order valence-electron chi connectivity index (χ4n) is 5.67. The Bertz CT molecular complexity index is 737. The van der Waals surface area contributed by atoms with Gasteiger partial charge >= 0.3 is 0 Å². The quantitative estimate of drug-likeness (QED) is 0.0352. The minimum atomic E-state index is -1.29. The van der Waals surface area contributed by atoms with Crippen LogP contribution in [0.25, 0.3) is 0 Å². The molecule has 0 aromatic carbocycles. The van der Waals surface area contributed by atoms with E-state index in [2.05, 4.69) is 55.6 Å². The standard InChI is InChI=1S/C40H75NO5/c1-3-5-7-9-11-13-14-15-16-17-18-19-20-21-22-23-24-26-27-29-31-33-37(43)39(45)36(35-42)41-40(46)38(44)34-32-30-28-25-12-10-8-6-4-2/h17-18,21-22,26-27,36-39,42-45H,3-16,19-20,23-25,28-35H2,1-2H3,(H,41,46)/b18-17+,22-21+,27-26+. The van der Waals surface area contributed by atoms with E-state index >= 15 is 0 Å². The van der Waals surface area contributed by atoms with Crippen molar-refractivity contribution in [3.05, 3.63) is 36.5 Å². The van der Waals surface area contributed by atoms with Gasteiger partial charge in [-0.25, -0.2) is 0 Å². The Morgan fingerprint density at radius 3 is 1.37 bits per heavy atom. The van der Waals surface area contributed by atoms with Gasteiger partial charge in [-0.2, -0.15) is 0 Å². The van der Waals surface area contributed by atoms with Crippen molar-refractivity contribution < 1.29 is 25.2 Å². The lowest BCUT2D eigenvalue weighted by Crippen LogP contribution is -2.53. The number of nitrogens with one attached hydrogen (secondary N) is 1. The van der Waals surface area contributed by atoms with Gasteiger partial charge in [0.2, 0.25) is 5.91 Å². The zero-order valence-corrected chi connectivity index (χ0v) is 30.1. The van der Waals surface area contributed by atoms with Crippen LogP contribution >= 0.6 is 0 Å². The topological polar surface area (TPSA) is 110 Å². The van der Waals surface area contributed by atoms with Crippen LogP contribution in [0.5, 0.6) is 0 Å². The molecule has 0 radical (unpaired) electrons. The molecule has 0 rings (SSSR count). The lowest BCUT2D eigenvalue weighted by Gasteiger charge is -2.27. The fourth-order valence-corrected chi connectivity index (χ4v) is 5.67. The molecule has 6 nitrogen and oxygen atoms in total. The van der Waals surface area contributed by atoms with E-state index in [1.807, 2.05) is 0 Å². The van der Waals surface area contributed by atoms with Crippen LogP contribution in [0.4, 0.5) is 0 Å². The number of unbranched alkanes of at least 4 members (excludes halogenated alkanes) is 19. The highest BCUT2D eigenvalue weighted by atomic mass is 16.3. The van der Waals surface area contributed by atoms with Crippen LogP contribution < -0.4 is 5.32 Å². The highest BCUT2D eigenvalue weighted by molar-refractivity contribution is 5.80. The Morgan fingerprint density at radius 1 is 0.522 bits per heavy atom. The predicted molar refractivity (Wildman–Crippen MR) is 196 cm³/mol. The third-order valence-corrected chi connectivity index (χ3v) is 8.81. The summed E-state index contributed by atoms with van der Waals surface area (Å²) in [5.41, 5.74) is 0. The molecule has 0 aliphatic carbocycles. The summed E-state index contributed by atoms with van der Waals surface area (Å²) in [5.74, 6) is -0.604. The van der Waals surface area contributed by atoms with Crippen LogP contribution in [0, 0.1) is 0 Å². The molecule has 5 N–H and O–H groups in total. The van der Waals surface area contributed by atoms with Gasteiger partial charge in [-0.15, -0.1) is 0 Å². The van der Waals surface area contributed by atoms with Gasteiger partial charge in [0, 0.05) is 0 Å². The molecule has 0 aliphatic rings. The first-order chi connectivity index (χ1) is 22.5. The molecular weight excluding hydrogens is 574 g/mol. The molecule has 1 amide bonds. The zero-order valence-electron chi connectivity index (χ0n) is 30.1. The van der Waals surface area contributed by atoms with Crippen LogP contribution in [0.1, 0.15) is 181 Å². The van der Waals surface area contributed by atoms with E-state index in [-0.39, 0.29) is 0 Å². The van der Waals surface area contributed by atoms with E-state index in [4.69, 9.17) is 0 Å². The summed E-state index contributed by atoms with van der Waals surface area (Å²) in [4.78, 5) is 12.4. The monoisotopic (exact) mass is 650 g/mol. The van der Waals surface area contributed by atoms with Crippen molar-refractivity contribution in [2.24, 2.45) is 0 Å². The van der Waals surface area contributed by atoms with Crippen molar-refractivity contribution in [2.75, 3.05) is 6.61 Å². The van der Waals surface area contributed by atoms with Crippen molar-refractivity contribution in [1.29, 1.82) is 0 Å². The molecule has 4 unspecified atom stereocenters. The molecule has 6 heteroatoms. The minimum Gasteiger partial charge on any atom is -0.394 e. The molecule has 0 heterocycles. The van der Waals surface area contributed by atoms with E-state index in [0.717, 1.165) is 51.4 Å². The largest absolute Gasteiger partial charge is 0.394 e. The van der Waals surface area contributed by atoms with Crippen molar-refractivity contribution in [2.45, 2.75) is 205 Å². The van der Waals surface area contributed by atoms with Crippen molar-refractivity contribution in [1.82, 2.24) is 5.32 Å². The van der Waals surface area contributed by atoms with Crippen LogP contribution in [-0.2, 0) is 4.79 Å². The van der Waals surface area contributed by atoms with Gasteiger partial charge in [0.25, 0.3) is 0 Å². The van der Waals surface area contributed by atoms with Crippen molar-refractivity contribution in [3.8, 4) is 0 Å². The van der Waals surface area contributed by atoms with Crippen molar-refractivity contribution in [3.63, 3.8) is 0 Å². The minimum absolute atomic E-state index is 0.359. The number of amides is 1. The number of aliphatic hydroxyl groups is 4. The second kappa shape index (κ2) is 34.9. The van der Waals surface area contributed by atoms with Gasteiger partial charge in [0.1, 0.15) is 12.2 Å². The van der Waals surface area contributed by atoms with Crippen molar-refractivity contribution >= 4 is 5.91 Å².